The van der Waals surface area contributed by atoms with Gasteiger partial charge >= 0.3 is 0 Å². The minimum absolute atomic E-state index is 0.0208. The van der Waals surface area contributed by atoms with Crippen LogP contribution in [0, 0.1) is 0 Å². The molecule has 3 atom stereocenters. The van der Waals surface area contributed by atoms with Crippen molar-refractivity contribution in [3.05, 3.63) is 0 Å². The molecule has 2 fully saturated rings. The third-order valence-electron chi connectivity index (χ3n) is 3.58. The first kappa shape index (κ1) is 12.9. The first-order chi connectivity index (χ1) is 8.13. The number of rotatable bonds is 4. The van der Waals surface area contributed by atoms with Crippen molar-refractivity contribution in [1.82, 2.24) is 10.2 Å². The molecule has 96 valence electrons. The molecule has 0 saturated carbocycles. The van der Waals surface area contributed by atoms with Gasteiger partial charge in [-0.15, -0.1) is 0 Å². The maximum atomic E-state index is 12.1. The van der Waals surface area contributed by atoms with E-state index in [9.17, 15) is 9.59 Å². The Labute approximate surface area is 106 Å². The zero-order valence-corrected chi connectivity index (χ0v) is 11.3. The summed E-state index contributed by atoms with van der Waals surface area (Å²) < 4.78 is 0. The molecule has 0 aliphatic carbocycles. The van der Waals surface area contributed by atoms with Crippen LogP contribution in [0.5, 0.6) is 0 Å². The highest BCUT2D eigenvalue weighted by Crippen LogP contribution is 2.22. The largest absolute Gasteiger partial charge is 0.302 e. The van der Waals surface area contributed by atoms with Crippen LogP contribution in [0.4, 0.5) is 0 Å². The summed E-state index contributed by atoms with van der Waals surface area (Å²) in [4.78, 5) is 25.4. The highest BCUT2D eigenvalue weighted by molar-refractivity contribution is 7.99. The minimum atomic E-state index is -0.278. The number of hydrogen-bond donors (Lipinski definition) is 1. The molecule has 0 spiro atoms. The zero-order valence-electron chi connectivity index (χ0n) is 10.4. The smallest absolute Gasteiger partial charge is 0.247 e. The lowest BCUT2D eigenvalue weighted by Crippen LogP contribution is -2.45. The Balaban J connectivity index is 1.97. The van der Waals surface area contributed by atoms with Gasteiger partial charge in [-0.2, -0.15) is 11.8 Å². The maximum Gasteiger partial charge on any atom is 0.247 e. The van der Waals surface area contributed by atoms with Crippen LogP contribution >= 0.6 is 11.8 Å². The fraction of sp³-hybridized carbons (Fsp3) is 0.833. The highest BCUT2D eigenvalue weighted by atomic mass is 32.2. The number of imide groups is 1. The number of nitrogens with one attached hydrogen (secondary N) is 1. The van der Waals surface area contributed by atoms with Gasteiger partial charge in [0.2, 0.25) is 11.8 Å². The van der Waals surface area contributed by atoms with Gasteiger partial charge in [0.05, 0.1) is 12.5 Å². The lowest BCUT2D eigenvalue weighted by atomic mass is 10.2. The number of likely N-dealkylation sites (tertiary alicyclic amines) is 1. The van der Waals surface area contributed by atoms with E-state index in [4.69, 9.17) is 0 Å². The van der Waals surface area contributed by atoms with Gasteiger partial charge in [-0.3, -0.25) is 14.5 Å². The van der Waals surface area contributed by atoms with Crippen LogP contribution in [0.25, 0.3) is 0 Å². The van der Waals surface area contributed by atoms with Crippen LogP contribution in [0.15, 0.2) is 0 Å². The average molecular weight is 256 g/mol. The molecule has 0 aromatic carbocycles. The van der Waals surface area contributed by atoms with Crippen molar-refractivity contribution in [1.29, 1.82) is 0 Å². The van der Waals surface area contributed by atoms with Crippen LogP contribution in [0.3, 0.4) is 0 Å². The molecular formula is C12H20N2O2S. The normalized spacial score (nSPS) is 31.3. The summed E-state index contributed by atoms with van der Waals surface area (Å²) in [6.07, 6.45) is 2.26. The lowest BCUT2D eigenvalue weighted by molar-refractivity contribution is -0.141. The highest BCUT2D eigenvalue weighted by Gasteiger charge is 2.41. The lowest BCUT2D eigenvalue weighted by Gasteiger charge is -2.22. The van der Waals surface area contributed by atoms with E-state index in [0.29, 0.717) is 12.5 Å². The van der Waals surface area contributed by atoms with E-state index in [-0.39, 0.29) is 23.9 Å². The molecule has 4 nitrogen and oxygen atoms in total. The molecular weight excluding hydrogens is 236 g/mol. The predicted octanol–water partition coefficient (Wildman–Crippen LogP) is 1.01. The zero-order chi connectivity index (χ0) is 12.4. The van der Waals surface area contributed by atoms with Crippen LogP contribution < -0.4 is 5.32 Å². The fourth-order valence-electron chi connectivity index (χ4n) is 2.38. The van der Waals surface area contributed by atoms with Gasteiger partial charge < -0.3 is 5.32 Å². The summed E-state index contributed by atoms with van der Waals surface area (Å²) in [6.45, 7) is 3.93. The van der Waals surface area contributed by atoms with Crippen LogP contribution in [0.2, 0.25) is 0 Å². The topological polar surface area (TPSA) is 49.4 Å². The molecule has 1 N–H and O–H groups in total. The minimum Gasteiger partial charge on any atom is -0.302 e. The molecule has 0 bridgehead atoms. The molecule has 2 aliphatic heterocycles. The third-order valence-corrected chi connectivity index (χ3v) is 4.74. The van der Waals surface area contributed by atoms with Crippen molar-refractivity contribution in [2.75, 3.05) is 11.5 Å². The molecule has 0 radical (unpaired) electrons. The Morgan fingerprint density at radius 2 is 2.29 bits per heavy atom. The fourth-order valence-corrected chi connectivity index (χ4v) is 3.54. The Kier molecular flexibility index (Phi) is 4.09. The second-order valence-electron chi connectivity index (χ2n) is 4.84. The predicted molar refractivity (Wildman–Crippen MR) is 68.9 cm³/mol. The van der Waals surface area contributed by atoms with Gasteiger partial charge in [0.25, 0.3) is 0 Å². The Morgan fingerprint density at radius 3 is 2.88 bits per heavy atom. The molecule has 2 rings (SSSR count). The first-order valence-corrected chi connectivity index (χ1v) is 7.48. The van der Waals surface area contributed by atoms with Gasteiger partial charge in [0, 0.05) is 17.8 Å². The van der Waals surface area contributed by atoms with Gasteiger partial charge in [0.15, 0.2) is 0 Å². The first-order valence-electron chi connectivity index (χ1n) is 6.33. The number of thioether (sulfide) groups is 1. The molecule has 5 heteroatoms. The van der Waals surface area contributed by atoms with E-state index in [1.807, 2.05) is 25.6 Å². The number of carbonyl (C=O) groups is 2. The number of amides is 2. The van der Waals surface area contributed by atoms with E-state index < -0.39 is 0 Å². The van der Waals surface area contributed by atoms with Crippen molar-refractivity contribution in [2.24, 2.45) is 0 Å². The molecule has 17 heavy (non-hydrogen) atoms. The number of hydrogen-bond acceptors (Lipinski definition) is 4. The van der Waals surface area contributed by atoms with Crippen molar-refractivity contribution in [3.8, 4) is 0 Å². The molecule has 2 amide bonds. The standard InChI is InChI=1S/C12H20N2O2S/c1-3-8(2)14-11(15)6-10(12(14)16)13-9-4-5-17-7-9/h8-10,13H,3-7H2,1-2H3. The van der Waals surface area contributed by atoms with Gasteiger partial charge in [-0.25, -0.2) is 0 Å². The van der Waals surface area contributed by atoms with Crippen molar-refractivity contribution < 1.29 is 9.59 Å². The quantitative estimate of drug-likeness (QED) is 0.763. The van der Waals surface area contributed by atoms with Crippen molar-refractivity contribution in [3.63, 3.8) is 0 Å². The van der Waals surface area contributed by atoms with E-state index in [1.165, 1.54) is 4.90 Å². The van der Waals surface area contributed by atoms with Crippen LogP contribution in [-0.2, 0) is 9.59 Å². The van der Waals surface area contributed by atoms with E-state index in [2.05, 4.69) is 5.32 Å². The van der Waals surface area contributed by atoms with E-state index >= 15 is 0 Å². The van der Waals surface area contributed by atoms with E-state index in [0.717, 1.165) is 24.3 Å². The van der Waals surface area contributed by atoms with Gasteiger partial charge in [0.1, 0.15) is 0 Å². The molecule has 2 saturated heterocycles. The Hall–Kier alpha value is -0.550. The summed E-state index contributed by atoms with van der Waals surface area (Å²) in [5.41, 5.74) is 0. The molecule has 2 heterocycles. The SMILES string of the molecule is CCC(C)N1C(=O)CC(NC2CCSC2)C1=O. The summed E-state index contributed by atoms with van der Waals surface area (Å²) in [5.74, 6) is 2.16. The van der Waals surface area contributed by atoms with Gasteiger partial charge in [-0.1, -0.05) is 6.92 Å². The molecule has 0 aromatic heterocycles. The molecule has 3 unspecified atom stereocenters. The van der Waals surface area contributed by atoms with E-state index in [1.54, 1.807) is 0 Å². The second-order valence-corrected chi connectivity index (χ2v) is 5.99. The summed E-state index contributed by atoms with van der Waals surface area (Å²) >= 11 is 1.91. The van der Waals surface area contributed by atoms with Crippen molar-refractivity contribution >= 4 is 23.6 Å². The third kappa shape index (κ3) is 2.65. The van der Waals surface area contributed by atoms with Crippen molar-refractivity contribution in [2.45, 2.75) is 51.2 Å². The van der Waals surface area contributed by atoms with Crippen LogP contribution in [-0.4, -0.2) is 46.3 Å². The van der Waals surface area contributed by atoms with Crippen LogP contribution in [0.1, 0.15) is 33.1 Å². The Bertz CT molecular complexity index is 316. The molecule has 0 aromatic rings. The summed E-state index contributed by atoms with van der Waals surface area (Å²) in [7, 11) is 0. The monoisotopic (exact) mass is 256 g/mol. The van der Waals surface area contributed by atoms with Gasteiger partial charge in [-0.05, 0) is 25.5 Å². The maximum absolute atomic E-state index is 12.1. The number of nitrogens with zero attached hydrogens (tertiary/aromatic N) is 1. The molecule has 2 aliphatic rings. The second kappa shape index (κ2) is 5.40. The number of carbonyl (C=O) groups excluding carboxylic acids is 2. The Morgan fingerprint density at radius 1 is 1.53 bits per heavy atom. The summed E-state index contributed by atoms with van der Waals surface area (Å²) in [5, 5.41) is 3.33. The summed E-state index contributed by atoms with van der Waals surface area (Å²) in [6, 6.07) is 0.151. The average Bonchev–Trinajstić information content (AvgIpc) is 2.89.